The van der Waals surface area contributed by atoms with Gasteiger partial charge in [0.15, 0.2) is 5.78 Å². The molecule has 156 valence electrons. The van der Waals surface area contributed by atoms with Crippen LogP contribution in [-0.2, 0) is 5.60 Å². The smallest absolute Gasteiger partial charge is 0.165 e. The Morgan fingerprint density at radius 2 is 1.90 bits per heavy atom. The summed E-state index contributed by atoms with van der Waals surface area (Å²) in [5, 5.41) is 14.6. The standard InChI is InChI=1S/C23H28ClFN2O2/c1-2-26-19-9-10-20(21(25)16-19)22(28)4-3-13-27-14-11-23(29,12-15-27)17-5-7-18(24)8-6-17/h5-10,16,26,29H,2-4,11-15H2,1H3. The van der Waals surface area contributed by atoms with E-state index in [1.165, 1.54) is 6.07 Å². The van der Waals surface area contributed by atoms with Gasteiger partial charge < -0.3 is 15.3 Å². The van der Waals surface area contributed by atoms with Gasteiger partial charge in [0.05, 0.1) is 11.2 Å². The molecule has 1 aliphatic rings. The first kappa shape index (κ1) is 21.8. The van der Waals surface area contributed by atoms with Crippen LogP contribution in [0.25, 0.3) is 0 Å². The van der Waals surface area contributed by atoms with Crippen LogP contribution >= 0.6 is 11.6 Å². The minimum absolute atomic E-state index is 0.155. The molecule has 0 bridgehead atoms. The van der Waals surface area contributed by atoms with Crippen LogP contribution in [0.5, 0.6) is 0 Å². The lowest BCUT2D eigenvalue weighted by Crippen LogP contribution is -2.42. The molecule has 0 saturated carbocycles. The highest BCUT2D eigenvalue weighted by Gasteiger charge is 2.33. The molecule has 1 saturated heterocycles. The van der Waals surface area contributed by atoms with Crippen LogP contribution in [-0.4, -0.2) is 42.0 Å². The Hall–Kier alpha value is -1.95. The molecule has 1 aliphatic heterocycles. The molecular formula is C23H28ClFN2O2. The summed E-state index contributed by atoms with van der Waals surface area (Å²) in [7, 11) is 0. The largest absolute Gasteiger partial charge is 0.385 e. The van der Waals surface area contributed by atoms with Crippen molar-refractivity contribution in [2.45, 2.75) is 38.2 Å². The molecule has 0 spiro atoms. The van der Waals surface area contributed by atoms with Crippen LogP contribution in [0.15, 0.2) is 42.5 Å². The maximum atomic E-state index is 14.2. The number of benzene rings is 2. The highest BCUT2D eigenvalue weighted by Crippen LogP contribution is 2.33. The van der Waals surface area contributed by atoms with E-state index in [-0.39, 0.29) is 11.3 Å². The Labute approximate surface area is 176 Å². The summed E-state index contributed by atoms with van der Waals surface area (Å²) in [6, 6.07) is 12.0. The van der Waals surface area contributed by atoms with Crippen molar-refractivity contribution in [2.75, 3.05) is 31.5 Å². The van der Waals surface area contributed by atoms with E-state index in [4.69, 9.17) is 11.6 Å². The first-order valence-corrected chi connectivity index (χ1v) is 10.6. The van der Waals surface area contributed by atoms with Crippen molar-refractivity contribution in [1.82, 2.24) is 4.90 Å². The number of nitrogens with one attached hydrogen (secondary N) is 1. The average molecular weight is 419 g/mol. The molecule has 0 amide bonds. The number of halogens is 2. The van der Waals surface area contributed by atoms with Crippen LogP contribution in [0.4, 0.5) is 10.1 Å². The van der Waals surface area contributed by atoms with Gasteiger partial charge in [-0.05, 0) is 68.6 Å². The SMILES string of the molecule is CCNc1ccc(C(=O)CCCN2CCC(O)(c3ccc(Cl)cc3)CC2)c(F)c1. The highest BCUT2D eigenvalue weighted by atomic mass is 35.5. The summed E-state index contributed by atoms with van der Waals surface area (Å²) in [6.07, 6.45) is 2.27. The molecule has 0 atom stereocenters. The predicted octanol–water partition coefficient (Wildman–Crippen LogP) is 4.86. The molecular weight excluding hydrogens is 391 g/mol. The van der Waals surface area contributed by atoms with E-state index in [0.717, 1.165) is 25.2 Å². The number of hydrogen-bond donors (Lipinski definition) is 2. The molecule has 1 fully saturated rings. The molecule has 0 unspecified atom stereocenters. The average Bonchev–Trinajstić information content (AvgIpc) is 2.70. The maximum absolute atomic E-state index is 14.2. The molecule has 29 heavy (non-hydrogen) atoms. The number of nitrogens with zero attached hydrogens (tertiary/aromatic N) is 1. The molecule has 6 heteroatoms. The third-order valence-corrected chi connectivity index (χ3v) is 5.85. The number of likely N-dealkylation sites (tertiary alicyclic amines) is 1. The topological polar surface area (TPSA) is 52.6 Å². The first-order valence-electron chi connectivity index (χ1n) is 10.2. The third kappa shape index (κ3) is 5.56. The summed E-state index contributed by atoms with van der Waals surface area (Å²) in [5.74, 6) is -0.639. The zero-order valence-corrected chi connectivity index (χ0v) is 17.5. The second kappa shape index (κ2) is 9.70. The molecule has 4 nitrogen and oxygen atoms in total. The number of piperidine rings is 1. The Balaban J connectivity index is 1.46. The van der Waals surface area contributed by atoms with Gasteiger partial charge in [0.25, 0.3) is 0 Å². The Kier molecular flexibility index (Phi) is 7.28. The lowest BCUT2D eigenvalue weighted by Gasteiger charge is -2.38. The van der Waals surface area contributed by atoms with Crippen molar-refractivity contribution in [3.05, 3.63) is 64.4 Å². The van der Waals surface area contributed by atoms with E-state index in [0.29, 0.717) is 42.9 Å². The molecule has 0 aliphatic carbocycles. The van der Waals surface area contributed by atoms with Gasteiger partial charge in [-0.2, -0.15) is 0 Å². The van der Waals surface area contributed by atoms with E-state index in [1.54, 1.807) is 24.3 Å². The van der Waals surface area contributed by atoms with Crippen LogP contribution in [0.3, 0.4) is 0 Å². The second-order valence-electron chi connectivity index (χ2n) is 7.63. The highest BCUT2D eigenvalue weighted by molar-refractivity contribution is 6.30. The number of hydrogen-bond acceptors (Lipinski definition) is 4. The number of ketones is 1. The van der Waals surface area contributed by atoms with Crippen LogP contribution in [0.2, 0.25) is 5.02 Å². The summed E-state index contributed by atoms with van der Waals surface area (Å²) >= 11 is 5.93. The molecule has 2 N–H and O–H groups in total. The maximum Gasteiger partial charge on any atom is 0.165 e. The lowest BCUT2D eigenvalue weighted by molar-refractivity contribution is -0.0260. The summed E-state index contributed by atoms with van der Waals surface area (Å²) in [6.45, 7) is 4.93. The number of carbonyl (C=O) groups excluding carboxylic acids is 1. The van der Waals surface area contributed by atoms with E-state index in [1.807, 2.05) is 19.1 Å². The van der Waals surface area contributed by atoms with Crippen LogP contribution in [0.1, 0.15) is 48.5 Å². The second-order valence-corrected chi connectivity index (χ2v) is 8.07. The molecule has 3 rings (SSSR count). The molecule has 2 aromatic carbocycles. The third-order valence-electron chi connectivity index (χ3n) is 5.59. The van der Waals surface area contributed by atoms with Crippen molar-refractivity contribution in [3.63, 3.8) is 0 Å². The minimum Gasteiger partial charge on any atom is -0.385 e. The molecule has 1 heterocycles. The molecule has 2 aromatic rings. The Morgan fingerprint density at radius 1 is 1.21 bits per heavy atom. The van der Waals surface area contributed by atoms with Gasteiger partial charge >= 0.3 is 0 Å². The van der Waals surface area contributed by atoms with E-state index in [9.17, 15) is 14.3 Å². The van der Waals surface area contributed by atoms with Gasteiger partial charge in [0.2, 0.25) is 0 Å². The monoisotopic (exact) mass is 418 g/mol. The summed E-state index contributed by atoms with van der Waals surface area (Å²) in [4.78, 5) is 14.6. The summed E-state index contributed by atoms with van der Waals surface area (Å²) in [5.41, 5.74) is 0.910. The Bertz CT molecular complexity index is 833. The first-order chi connectivity index (χ1) is 13.9. The van der Waals surface area contributed by atoms with Crippen molar-refractivity contribution in [3.8, 4) is 0 Å². The number of anilines is 1. The van der Waals surface area contributed by atoms with Crippen molar-refractivity contribution < 1.29 is 14.3 Å². The van der Waals surface area contributed by atoms with Gasteiger partial charge in [-0.1, -0.05) is 23.7 Å². The van der Waals surface area contributed by atoms with Gasteiger partial charge in [-0.25, -0.2) is 4.39 Å². The lowest BCUT2D eigenvalue weighted by atomic mass is 9.84. The van der Waals surface area contributed by atoms with Gasteiger partial charge in [-0.3, -0.25) is 4.79 Å². The van der Waals surface area contributed by atoms with E-state index >= 15 is 0 Å². The zero-order chi connectivity index (χ0) is 20.9. The fraction of sp³-hybridized carbons (Fsp3) is 0.435. The van der Waals surface area contributed by atoms with E-state index in [2.05, 4.69) is 10.2 Å². The minimum atomic E-state index is -0.825. The Morgan fingerprint density at radius 3 is 2.52 bits per heavy atom. The van der Waals surface area contributed by atoms with E-state index < -0.39 is 11.4 Å². The number of Topliss-reactive ketones (excluding diaryl/α,β-unsaturated/α-hetero) is 1. The predicted molar refractivity (Wildman–Crippen MR) is 115 cm³/mol. The van der Waals surface area contributed by atoms with Gasteiger partial charge in [0, 0.05) is 36.8 Å². The van der Waals surface area contributed by atoms with Crippen molar-refractivity contribution in [1.29, 1.82) is 0 Å². The van der Waals surface area contributed by atoms with Crippen LogP contribution in [0, 0.1) is 5.82 Å². The zero-order valence-electron chi connectivity index (χ0n) is 16.8. The normalized spacial score (nSPS) is 16.6. The fourth-order valence-corrected chi connectivity index (χ4v) is 3.97. The van der Waals surface area contributed by atoms with Crippen LogP contribution < -0.4 is 5.32 Å². The van der Waals surface area contributed by atoms with Gasteiger partial charge in [-0.15, -0.1) is 0 Å². The molecule has 0 radical (unpaired) electrons. The summed E-state index contributed by atoms with van der Waals surface area (Å²) < 4.78 is 14.2. The fourth-order valence-electron chi connectivity index (χ4n) is 3.85. The number of carbonyl (C=O) groups is 1. The quantitative estimate of drug-likeness (QED) is 0.601. The molecule has 0 aromatic heterocycles. The van der Waals surface area contributed by atoms with Gasteiger partial charge in [0.1, 0.15) is 5.82 Å². The van der Waals surface area contributed by atoms with Crippen molar-refractivity contribution in [2.24, 2.45) is 0 Å². The number of aliphatic hydroxyl groups is 1. The van der Waals surface area contributed by atoms with Crippen molar-refractivity contribution >= 4 is 23.1 Å². The number of rotatable bonds is 8.